The summed E-state index contributed by atoms with van der Waals surface area (Å²) < 4.78 is 47.7. The van der Waals surface area contributed by atoms with Crippen LogP contribution in [-0.4, -0.2) is 74.0 Å². The van der Waals surface area contributed by atoms with E-state index in [2.05, 4.69) is 43.5 Å². The van der Waals surface area contributed by atoms with Crippen LogP contribution in [0.2, 0.25) is 5.02 Å². The number of ether oxygens (including phenoxy) is 3. The normalized spacial score (nSPS) is 15.1. The molecule has 0 aliphatic heterocycles. The number of aromatic nitrogens is 7. The number of carbonyl (C=O) groups excluding carboxylic acids is 1. The maximum Gasteiger partial charge on any atom is 0.272 e. The minimum absolute atomic E-state index is 0.0550. The number of benzene rings is 5. The first-order valence-electron chi connectivity index (χ1n) is 21.3. The predicted molar refractivity (Wildman–Crippen MR) is 244 cm³/mol. The Bertz CT molecular complexity index is 3110. The molecule has 5 aromatic carbocycles. The van der Waals surface area contributed by atoms with E-state index in [9.17, 15) is 18.4 Å². The van der Waals surface area contributed by atoms with Crippen LogP contribution in [0, 0.1) is 11.6 Å². The third-order valence-electron chi connectivity index (χ3n) is 11.8. The van der Waals surface area contributed by atoms with Gasteiger partial charge in [-0.3, -0.25) is 19.4 Å². The summed E-state index contributed by atoms with van der Waals surface area (Å²) in [7, 11) is 1.81. The summed E-state index contributed by atoms with van der Waals surface area (Å²) in [5.41, 5.74) is 8.23. The Morgan fingerprint density at radius 1 is 0.877 bits per heavy atom. The molecule has 1 aliphatic carbocycles. The largest absolute Gasteiger partial charge is 0.491 e. The van der Waals surface area contributed by atoms with Crippen molar-refractivity contribution in [2.75, 3.05) is 33.0 Å². The van der Waals surface area contributed by atoms with Gasteiger partial charge in [-0.1, -0.05) is 67.1 Å². The van der Waals surface area contributed by atoms with E-state index in [1.54, 1.807) is 24.0 Å². The number of nitrogens with zero attached hydrogens (tertiary/aromatic N) is 5. The van der Waals surface area contributed by atoms with Gasteiger partial charge < -0.3 is 14.2 Å². The molecule has 0 fully saturated rings. The second kappa shape index (κ2) is 19.1. The lowest BCUT2D eigenvalue weighted by Gasteiger charge is -2.32. The number of halogens is 3. The van der Waals surface area contributed by atoms with Crippen molar-refractivity contribution in [2.24, 2.45) is 7.05 Å². The second-order valence-electron chi connectivity index (χ2n) is 16.0. The van der Waals surface area contributed by atoms with Crippen LogP contribution in [0.5, 0.6) is 5.75 Å². The molecular formula is C50H44ClF2N7O5. The van der Waals surface area contributed by atoms with Crippen molar-refractivity contribution in [3.05, 3.63) is 181 Å². The second-order valence-corrected chi connectivity index (χ2v) is 16.4. The standard InChI is InChI=1S/C50H44ClF2N7O5/c1-3-39(40-14-11-35(52)25-43(40)51)45(32-10-15-44-34(21-32)26-55-57-44)31-8-12-38(13-9-31)65-19-18-63-16-17-64-27-37(61)20-29-4-6-30(7-5-29)41-23-33-22-36(53)24-42-46(33)48(58-59-50(42)62)47(41)49-54-28-56-60(49)2/h4-15,21-22,24-26,28,41,47H,3,16-20,23,27H2,1-2H3,(H,55,57)(H,59,62)/b45-39+/t41-,47-/m1/s1. The number of fused-ring (bicyclic) bond motifs is 1. The number of allylic oxidation sites excluding steroid dienone is 1. The van der Waals surface area contributed by atoms with E-state index in [0.29, 0.717) is 65.9 Å². The van der Waals surface area contributed by atoms with Crippen LogP contribution < -0.4 is 10.3 Å². The van der Waals surface area contributed by atoms with Gasteiger partial charge in [0.2, 0.25) is 0 Å². The molecule has 0 radical (unpaired) electrons. The average molecular weight is 896 g/mol. The molecule has 12 nitrogen and oxygen atoms in total. The summed E-state index contributed by atoms with van der Waals surface area (Å²) in [5, 5.41) is 20.7. The van der Waals surface area contributed by atoms with Gasteiger partial charge >= 0.3 is 0 Å². The van der Waals surface area contributed by atoms with Crippen LogP contribution in [0.4, 0.5) is 8.78 Å². The lowest BCUT2D eigenvalue weighted by molar-refractivity contribution is -0.123. The molecule has 0 amide bonds. The number of hydrogen-bond acceptors (Lipinski definition) is 9. The number of ketones is 1. The van der Waals surface area contributed by atoms with E-state index < -0.39 is 17.2 Å². The van der Waals surface area contributed by atoms with Gasteiger partial charge in [-0.15, -0.1) is 0 Å². The van der Waals surface area contributed by atoms with E-state index in [0.717, 1.165) is 49.9 Å². The van der Waals surface area contributed by atoms with Gasteiger partial charge in [0.15, 0.2) is 5.78 Å². The molecule has 3 heterocycles. The molecule has 8 aromatic rings. The molecule has 0 saturated carbocycles. The van der Waals surface area contributed by atoms with E-state index in [1.807, 2.05) is 60.7 Å². The molecular weight excluding hydrogens is 852 g/mol. The third kappa shape index (κ3) is 9.23. The average Bonchev–Trinajstić information content (AvgIpc) is 3.96. The number of hydrogen-bond donors (Lipinski definition) is 2. The number of H-pyrrole nitrogens is 2. The van der Waals surface area contributed by atoms with Gasteiger partial charge in [-0.2, -0.15) is 15.3 Å². The summed E-state index contributed by atoms with van der Waals surface area (Å²) in [6.45, 7) is 3.18. The minimum Gasteiger partial charge on any atom is -0.491 e. The zero-order valence-corrected chi connectivity index (χ0v) is 36.4. The Balaban J connectivity index is 0.758. The molecule has 9 rings (SSSR count). The first-order chi connectivity index (χ1) is 31.6. The molecule has 0 unspecified atom stereocenters. The van der Waals surface area contributed by atoms with Gasteiger partial charge in [-0.05, 0) is 106 Å². The number of nitrogens with one attached hydrogen (secondary N) is 2. The molecule has 15 heteroatoms. The Labute approximate surface area is 377 Å². The molecule has 0 saturated heterocycles. The number of aryl methyl sites for hydroxylation is 1. The number of aromatic amines is 2. The number of carbonyl (C=O) groups is 1. The van der Waals surface area contributed by atoms with Crippen molar-refractivity contribution in [2.45, 2.75) is 38.0 Å². The van der Waals surface area contributed by atoms with Gasteiger partial charge in [0.25, 0.3) is 5.56 Å². The van der Waals surface area contributed by atoms with Crippen molar-refractivity contribution >= 4 is 50.2 Å². The SMILES string of the molecule is CC/C(=C(/c1ccc(OCCOCCOCC(=O)Cc2ccc([C@H]3Cc4cc(F)cc5c(=O)[nH]nc(c45)[C@@H]3c3ncnn3C)cc2)cc1)c1ccc2[nH]ncc2c1)c1ccc(F)cc1Cl. The van der Waals surface area contributed by atoms with Crippen molar-refractivity contribution in [1.82, 2.24) is 35.2 Å². The smallest absolute Gasteiger partial charge is 0.272 e. The zero-order chi connectivity index (χ0) is 45.0. The Morgan fingerprint density at radius 2 is 1.66 bits per heavy atom. The lowest BCUT2D eigenvalue weighted by atomic mass is 9.73. The van der Waals surface area contributed by atoms with Crippen molar-refractivity contribution in [3.8, 4) is 5.75 Å². The fourth-order valence-corrected chi connectivity index (χ4v) is 9.14. The summed E-state index contributed by atoms with van der Waals surface area (Å²) in [6.07, 6.45) is 4.57. The zero-order valence-electron chi connectivity index (χ0n) is 35.6. The van der Waals surface area contributed by atoms with Gasteiger partial charge in [0.1, 0.15) is 42.7 Å². The van der Waals surface area contributed by atoms with Crippen LogP contribution in [0.25, 0.3) is 32.8 Å². The highest BCUT2D eigenvalue weighted by atomic mass is 35.5. The predicted octanol–water partition coefficient (Wildman–Crippen LogP) is 8.92. The fourth-order valence-electron chi connectivity index (χ4n) is 8.86. The molecule has 0 bridgehead atoms. The van der Waals surface area contributed by atoms with Crippen LogP contribution in [-0.2, 0) is 34.2 Å². The van der Waals surface area contributed by atoms with Crippen LogP contribution >= 0.6 is 11.6 Å². The number of Topliss-reactive ketones (excluding diaryl/α,β-unsaturated/α-hetero) is 1. The van der Waals surface area contributed by atoms with E-state index in [-0.39, 0.29) is 42.6 Å². The topological polar surface area (TPSA) is 150 Å². The Hall–Kier alpha value is -6.87. The molecule has 330 valence electrons. The van der Waals surface area contributed by atoms with E-state index >= 15 is 0 Å². The highest BCUT2D eigenvalue weighted by molar-refractivity contribution is 6.32. The molecule has 65 heavy (non-hydrogen) atoms. The van der Waals surface area contributed by atoms with Gasteiger partial charge in [0.05, 0.1) is 53.6 Å². The molecule has 3 aromatic heterocycles. The van der Waals surface area contributed by atoms with Crippen LogP contribution in [0.1, 0.15) is 70.1 Å². The summed E-state index contributed by atoms with van der Waals surface area (Å²) in [6, 6.07) is 28.9. The maximum atomic E-state index is 14.7. The quantitative estimate of drug-likeness (QED) is 0.0675. The lowest BCUT2D eigenvalue weighted by Crippen LogP contribution is -2.27. The first-order valence-corrected chi connectivity index (χ1v) is 21.7. The highest BCUT2D eigenvalue weighted by Gasteiger charge is 2.38. The van der Waals surface area contributed by atoms with Gasteiger partial charge in [-0.25, -0.2) is 18.9 Å². The third-order valence-corrected chi connectivity index (χ3v) is 12.2. The molecule has 2 atom stereocenters. The van der Waals surface area contributed by atoms with Gasteiger partial charge in [0, 0.05) is 30.2 Å². The van der Waals surface area contributed by atoms with Crippen LogP contribution in [0.3, 0.4) is 0 Å². The van der Waals surface area contributed by atoms with E-state index in [4.69, 9.17) is 25.8 Å². The minimum atomic E-state index is -0.482. The molecule has 2 N–H and O–H groups in total. The number of rotatable bonds is 17. The van der Waals surface area contributed by atoms with Crippen molar-refractivity contribution in [1.29, 1.82) is 0 Å². The van der Waals surface area contributed by atoms with Crippen LogP contribution in [0.15, 0.2) is 114 Å². The van der Waals surface area contributed by atoms with Crippen molar-refractivity contribution < 1.29 is 27.8 Å². The molecule has 0 spiro atoms. The Kier molecular flexibility index (Phi) is 12.7. The highest BCUT2D eigenvalue weighted by Crippen LogP contribution is 2.46. The maximum absolute atomic E-state index is 14.7. The summed E-state index contributed by atoms with van der Waals surface area (Å²) >= 11 is 6.59. The fraction of sp³-hybridized carbons (Fsp3) is 0.240. The Morgan fingerprint density at radius 3 is 2.43 bits per heavy atom. The summed E-state index contributed by atoms with van der Waals surface area (Å²) in [4.78, 5) is 30.1. The van der Waals surface area contributed by atoms with E-state index in [1.165, 1.54) is 30.6 Å². The monoisotopic (exact) mass is 895 g/mol. The first kappa shape index (κ1) is 43.4. The summed E-state index contributed by atoms with van der Waals surface area (Å²) in [5.74, 6) is -0.147. The molecule has 1 aliphatic rings. The van der Waals surface area contributed by atoms with Crippen molar-refractivity contribution in [3.63, 3.8) is 0 Å².